The molecular formula is C20H22N2. The quantitative estimate of drug-likeness (QED) is 0.784. The Bertz CT molecular complexity index is 625. The maximum absolute atomic E-state index is 4.12. The summed E-state index contributed by atoms with van der Waals surface area (Å²) in [7, 11) is 0. The average molecular weight is 290 g/mol. The summed E-state index contributed by atoms with van der Waals surface area (Å²) in [5, 5.41) is 0. The van der Waals surface area contributed by atoms with Gasteiger partial charge in [-0.2, -0.15) is 0 Å². The summed E-state index contributed by atoms with van der Waals surface area (Å²) < 4.78 is 0. The third-order valence-corrected chi connectivity index (χ3v) is 4.31. The maximum atomic E-state index is 4.12. The highest BCUT2D eigenvalue weighted by Crippen LogP contribution is 2.27. The molecule has 0 aliphatic carbocycles. The van der Waals surface area contributed by atoms with Gasteiger partial charge in [0.15, 0.2) is 0 Å². The van der Waals surface area contributed by atoms with Gasteiger partial charge in [0.05, 0.1) is 6.54 Å². The lowest BCUT2D eigenvalue weighted by atomic mass is 9.93. The predicted molar refractivity (Wildman–Crippen MR) is 90.6 cm³/mol. The highest BCUT2D eigenvalue weighted by atomic mass is 15.1. The molecule has 3 rings (SSSR count). The van der Waals surface area contributed by atoms with Crippen LogP contribution in [0.3, 0.4) is 0 Å². The van der Waals surface area contributed by atoms with Gasteiger partial charge >= 0.3 is 0 Å². The third-order valence-electron chi connectivity index (χ3n) is 4.31. The molecule has 22 heavy (non-hydrogen) atoms. The molecule has 1 aromatic heterocycles. The first-order chi connectivity index (χ1) is 10.9. The summed E-state index contributed by atoms with van der Waals surface area (Å²) in [6, 6.07) is 14.6. The van der Waals surface area contributed by atoms with Crippen LogP contribution in [0.5, 0.6) is 0 Å². The topological polar surface area (TPSA) is 16.1 Å². The van der Waals surface area contributed by atoms with Crippen molar-refractivity contribution >= 4 is 0 Å². The van der Waals surface area contributed by atoms with Gasteiger partial charge in [-0.25, -0.2) is 0 Å². The number of hydrogen-bond acceptors (Lipinski definition) is 2. The zero-order valence-corrected chi connectivity index (χ0v) is 12.9. The predicted octanol–water partition coefficient (Wildman–Crippen LogP) is 3.70. The van der Waals surface area contributed by atoms with Crippen LogP contribution in [0, 0.1) is 11.8 Å². The van der Waals surface area contributed by atoms with E-state index in [9.17, 15) is 0 Å². The number of nitrogens with zero attached hydrogens (tertiary/aromatic N) is 2. The Hall–Kier alpha value is -2.11. The Morgan fingerprint density at radius 1 is 1.00 bits per heavy atom. The number of benzene rings is 1. The molecule has 1 unspecified atom stereocenters. The van der Waals surface area contributed by atoms with E-state index in [0.29, 0.717) is 5.92 Å². The third kappa shape index (κ3) is 4.19. The van der Waals surface area contributed by atoms with Gasteiger partial charge in [0.2, 0.25) is 0 Å². The van der Waals surface area contributed by atoms with Crippen molar-refractivity contribution in [2.24, 2.45) is 0 Å². The number of aromatic nitrogens is 1. The summed E-state index contributed by atoms with van der Waals surface area (Å²) >= 11 is 0. The lowest BCUT2D eigenvalue weighted by Crippen LogP contribution is -2.25. The zero-order chi connectivity index (χ0) is 15.0. The number of rotatable bonds is 2. The van der Waals surface area contributed by atoms with E-state index in [-0.39, 0.29) is 0 Å². The fourth-order valence-electron chi connectivity index (χ4n) is 3.06. The van der Waals surface area contributed by atoms with E-state index in [1.165, 1.54) is 24.8 Å². The van der Waals surface area contributed by atoms with Crippen LogP contribution in [-0.4, -0.2) is 29.5 Å². The van der Waals surface area contributed by atoms with Crippen LogP contribution in [0.15, 0.2) is 54.9 Å². The second-order valence-electron chi connectivity index (χ2n) is 5.85. The molecule has 0 N–H and O–H groups in total. The van der Waals surface area contributed by atoms with Crippen molar-refractivity contribution in [3.05, 3.63) is 66.0 Å². The van der Waals surface area contributed by atoms with Crippen molar-refractivity contribution in [1.29, 1.82) is 0 Å². The molecule has 0 spiro atoms. The molecule has 1 aliphatic rings. The molecule has 1 aromatic carbocycles. The molecular weight excluding hydrogens is 268 g/mol. The molecule has 2 heteroatoms. The molecule has 1 saturated heterocycles. The van der Waals surface area contributed by atoms with Crippen molar-refractivity contribution in [2.45, 2.75) is 25.2 Å². The summed E-state index contributed by atoms with van der Waals surface area (Å²) in [6.07, 6.45) is 7.55. The van der Waals surface area contributed by atoms with Crippen LogP contribution in [0.25, 0.3) is 0 Å². The Morgan fingerprint density at radius 3 is 2.64 bits per heavy atom. The standard InChI is InChI=1S/C20H22N2/c1-2-6-18(7-3-1)8-4-15-22-16-5-9-19(12-17-22)20-10-13-21-14-11-20/h1-3,6-7,10-11,13-14,19H,5,9,12,15-17H2. The van der Waals surface area contributed by atoms with Crippen LogP contribution in [0.1, 0.15) is 36.3 Å². The molecule has 112 valence electrons. The molecule has 2 nitrogen and oxygen atoms in total. The molecule has 1 fully saturated rings. The second kappa shape index (κ2) is 7.77. The monoisotopic (exact) mass is 290 g/mol. The minimum Gasteiger partial charge on any atom is -0.292 e. The average Bonchev–Trinajstić information content (AvgIpc) is 2.82. The first-order valence-corrected chi connectivity index (χ1v) is 8.08. The van der Waals surface area contributed by atoms with Gasteiger partial charge in [0.25, 0.3) is 0 Å². The minimum atomic E-state index is 0.676. The first kappa shape index (κ1) is 14.8. The lowest BCUT2D eigenvalue weighted by Gasteiger charge is -2.17. The highest BCUT2D eigenvalue weighted by Gasteiger charge is 2.17. The molecule has 2 heterocycles. The van der Waals surface area contributed by atoms with Crippen molar-refractivity contribution in [1.82, 2.24) is 9.88 Å². The van der Waals surface area contributed by atoms with Gasteiger partial charge in [-0.1, -0.05) is 30.0 Å². The second-order valence-corrected chi connectivity index (χ2v) is 5.85. The van der Waals surface area contributed by atoms with Gasteiger partial charge in [-0.15, -0.1) is 0 Å². The Balaban J connectivity index is 1.54. The minimum absolute atomic E-state index is 0.676. The fraction of sp³-hybridized carbons (Fsp3) is 0.350. The summed E-state index contributed by atoms with van der Waals surface area (Å²) in [6.45, 7) is 3.17. The summed E-state index contributed by atoms with van der Waals surface area (Å²) in [5.74, 6) is 7.25. The largest absolute Gasteiger partial charge is 0.292 e. The van der Waals surface area contributed by atoms with E-state index in [2.05, 4.69) is 46.0 Å². The van der Waals surface area contributed by atoms with E-state index in [1.54, 1.807) is 0 Å². The van der Waals surface area contributed by atoms with Crippen molar-refractivity contribution in [2.75, 3.05) is 19.6 Å². The summed E-state index contributed by atoms with van der Waals surface area (Å²) in [5.41, 5.74) is 2.54. The van der Waals surface area contributed by atoms with E-state index >= 15 is 0 Å². The van der Waals surface area contributed by atoms with Crippen molar-refractivity contribution in [3.8, 4) is 11.8 Å². The van der Waals surface area contributed by atoms with Crippen molar-refractivity contribution in [3.63, 3.8) is 0 Å². The van der Waals surface area contributed by atoms with Gasteiger partial charge in [0, 0.05) is 18.0 Å². The van der Waals surface area contributed by atoms with Crippen LogP contribution >= 0.6 is 0 Å². The van der Waals surface area contributed by atoms with Gasteiger partial charge in [-0.05, 0) is 68.1 Å². The molecule has 0 amide bonds. The molecule has 2 aromatic rings. The Kier molecular flexibility index (Phi) is 5.23. The highest BCUT2D eigenvalue weighted by molar-refractivity contribution is 5.33. The molecule has 0 radical (unpaired) electrons. The van der Waals surface area contributed by atoms with E-state index < -0.39 is 0 Å². The summed E-state index contributed by atoms with van der Waals surface area (Å²) in [4.78, 5) is 6.60. The Labute approximate surface area is 133 Å². The Morgan fingerprint density at radius 2 is 1.82 bits per heavy atom. The lowest BCUT2D eigenvalue weighted by molar-refractivity contribution is 0.319. The smallest absolute Gasteiger partial charge is 0.0605 e. The van der Waals surface area contributed by atoms with Crippen LogP contribution < -0.4 is 0 Å². The fourth-order valence-corrected chi connectivity index (χ4v) is 3.06. The molecule has 0 bridgehead atoms. The normalized spacial score (nSPS) is 19.0. The molecule has 1 atom stereocenters. The van der Waals surface area contributed by atoms with E-state index in [0.717, 1.165) is 25.2 Å². The number of pyridine rings is 1. The van der Waals surface area contributed by atoms with Gasteiger partial charge < -0.3 is 0 Å². The van der Waals surface area contributed by atoms with E-state index in [4.69, 9.17) is 0 Å². The van der Waals surface area contributed by atoms with Crippen LogP contribution in [0.4, 0.5) is 0 Å². The van der Waals surface area contributed by atoms with Gasteiger partial charge in [-0.3, -0.25) is 9.88 Å². The zero-order valence-electron chi connectivity index (χ0n) is 12.9. The van der Waals surface area contributed by atoms with E-state index in [1.807, 2.05) is 30.6 Å². The van der Waals surface area contributed by atoms with Crippen molar-refractivity contribution < 1.29 is 0 Å². The van der Waals surface area contributed by atoms with Crippen LogP contribution in [0.2, 0.25) is 0 Å². The number of likely N-dealkylation sites (tertiary alicyclic amines) is 1. The number of hydrogen-bond donors (Lipinski definition) is 0. The van der Waals surface area contributed by atoms with Gasteiger partial charge in [0.1, 0.15) is 0 Å². The van der Waals surface area contributed by atoms with Crippen LogP contribution in [-0.2, 0) is 0 Å². The first-order valence-electron chi connectivity index (χ1n) is 8.08. The molecule has 0 saturated carbocycles. The SMILES string of the molecule is C(#Cc1ccccc1)CN1CCCC(c2ccncc2)CC1. The molecule has 1 aliphatic heterocycles. The maximum Gasteiger partial charge on any atom is 0.0605 e.